The van der Waals surface area contributed by atoms with Gasteiger partial charge in [0.1, 0.15) is 0 Å². The molecule has 2 rings (SSSR count). The fraction of sp³-hybridized carbons (Fsp3) is 0.462. The van der Waals surface area contributed by atoms with Crippen LogP contribution in [0.3, 0.4) is 0 Å². The van der Waals surface area contributed by atoms with E-state index in [4.69, 9.17) is 5.11 Å². The van der Waals surface area contributed by atoms with Gasteiger partial charge >= 0.3 is 5.97 Å². The number of carboxylic acid groups (broad SMARTS) is 1. The lowest BCUT2D eigenvalue weighted by Gasteiger charge is -2.38. The lowest BCUT2D eigenvalue weighted by molar-refractivity contribution is -0.144. The molecule has 1 saturated carbocycles. The third kappa shape index (κ3) is 2.04. The van der Waals surface area contributed by atoms with E-state index < -0.39 is 5.97 Å². The highest BCUT2D eigenvalue weighted by Crippen LogP contribution is 2.45. The monoisotopic (exact) mass is 204 g/mol. The summed E-state index contributed by atoms with van der Waals surface area (Å²) in [4.78, 5) is 10.8. The highest BCUT2D eigenvalue weighted by molar-refractivity contribution is 5.70. The molecular formula is C13H16O2. The van der Waals surface area contributed by atoms with Crippen LogP contribution in [0.15, 0.2) is 30.3 Å². The van der Waals surface area contributed by atoms with Crippen LogP contribution in [0.1, 0.15) is 31.2 Å². The van der Waals surface area contributed by atoms with Gasteiger partial charge in [-0.1, -0.05) is 37.3 Å². The summed E-state index contributed by atoms with van der Waals surface area (Å²) in [7, 11) is 0. The highest BCUT2D eigenvalue weighted by Gasteiger charge is 2.36. The molecule has 0 heterocycles. The molecule has 2 nitrogen and oxygen atoms in total. The number of aliphatic carboxylic acids is 1. The maximum absolute atomic E-state index is 10.8. The quantitative estimate of drug-likeness (QED) is 0.822. The minimum absolute atomic E-state index is 0.190. The third-order valence-electron chi connectivity index (χ3n) is 3.54. The Kier molecular flexibility index (Phi) is 2.76. The Balaban J connectivity index is 1.91. The molecule has 1 unspecified atom stereocenters. The standard InChI is InChI=1S/C13H16O2/c1-9(13(14)15)11-7-12(8-11)10-5-3-2-4-6-10/h2-6,9,11-12H,7-8H2,1H3,(H,14,15). The summed E-state index contributed by atoms with van der Waals surface area (Å²) >= 11 is 0. The average Bonchev–Trinajstić information content (AvgIpc) is 2.17. The van der Waals surface area contributed by atoms with E-state index >= 15 is 0 Å². The molecule has 1 aromatic carbocycles. The first kappa shape index (κ1) is 10.2. The summed E-state index contributed by atoms with van der Waals surface area (Å²) in [5, 5.41) is 8.87. The van der Waals surface area contributed by atoms with Crippen molar-refractivity contribution in [2.24, 2.45) is 11.8 Å². The van der Waals surface area contributed by atoms with Gasteiger partial charge in [-0.2, -0.15) is 0 Å². The number of hydrogen-bond donors (Lipinski definition) is 1. The van der Waals surface area contributed by atoms with Gasteiger partial charge in [0.2, 0.25) is 0 Å². The lowest BCUT2D eigenvalue weighted by atomic mass is 9.66. The zero-order valence-electron chi connectivity index (χ0n) is 8.89. The van der Waals surface area contributed by atoms with E-state index in [-0.39, 0.29) is 5.92 Å². The van der Waals surface area contributed by atoms with Crippen LogP contribution in [0.25, 0.3) is 0 Å². The normalized spacial score (nSPS) is 26.7. The van der Waals surface area contributed by atoms with E-state index in [1.54, 1.807) is 0 Å². The molecule has 0 aliphatic heterocycles. The fourth-order valence-electron chi connectivity index (χ4n) is 2.27. The molecule has 0 radical (unpaired) electrons. The van der Waals surface area contributed by atoms with Crippen molar-refractivity contribution in [2.75, 3.05) is 0 Å². The summed E-state index contributed by atoms with van der Waals surface area (Å²) in [6.45, 7) is 1.81. The summed E-state index contributed by atoms with van der Waals surface area (Å²) in [6, 6.07) is 10.4. The zero-order valence-corrected chi connectivity index (χ0v) is 8.89. The van der Waals surface area contributed by atoms with Gasteiger partial charge in [0, 0.05) is 0 Å². The molecule has 1 aromatic rings. The molecule has 1 atom stereocenters. The maximum atomic E-state index is 10.8. The van der Waals surface area contributed by atoms with Crippen LogP contribution in [0.5, 0.6) is 0 Å². The number of hydrogen-bond acceptors (Lipinski definition) is 1. The Hall–Kier alpha value is -1.31. The van der Waals surface area contributed by atoms with E-state index in [1.807, 2.05) is 25.1 Å². The van der Waals surface area contributed by atoms with Crippen LogP contribution < -0.4 is 0 Å². The highest BCUT2D eigenvalue weighted by atomic mass is 16.4. The minimum atomic E-state index is -0.661. The SMILES string of the molecule is CC(C(=O)O)C1CC(c2ccccc2)C1. The van der Waals surface area contributed by atoms with Crippen molar-refractivity contribution >= 4 is 5.97 Å². The smallest absolute Gasteiger partial charge is 0.306 e. The summed E-state index contributed by atoms with van der Waals surface area (Å²) in [5.41, 5.74) is 1.35. The van der Waals surface area contributed by atoms with Gasteiger partial charge in [0.25, 0.3) is 0 Å². The third-order valence-corrected chi connectivity index (χ3v) is 3.54. The second kappa shape index (κ2) is 4.05. The molecule has 1 fully saturated rings. The summed E-state index contributed by atoms with van der Waals surface area (Å²) in [6.07, 6.45) is 2.05. The van der Waals surface area contributed by atoms with Crippen molar-refractivity contribution < 1.29 is 9.90 Å². The predicted octanol–water partition coefficient (Wildman–Crippen LogP) is 2.90. The van der Waals surface area contributed by atoms with Crippen molar-refractivity contribution in [3.05, 3.63) is 35.9 Å². The molecule has 0 aromatic heterocycles. The Bertz CT molecular complexity index is 339. The van der Waals surface area contributed by atoms with Crippen LogP contribution in [-0.2, 0) is 4.79 Å². The van der Waals surface area contributed by atoms with Crippen molar-refractivity contribution in [2.45, 2.75) is 25.7 Å². The van der Waals surface area contributed by atoms with Gasteiger partial charge in [-0.25, -0.2) is 0 Å². The summed E-state index contributed by atoms with van der Waals surface area (Å²) in [5.74, 6) is 0.0992. The van der Waals surface area contributed by atoms with Gasteiger partial charge in [0.15, 0.2) is 0 Å². The van der Waals surface area contributed by atoms with Gasteiger partial charge in [0.05, 0.1) is 5.92 Å². The maximum Gasteiger partial charge on any atom is 0.306 e. The second-order valence-electron chi connectivity index (χ2n) is 4.47. The zero-order chi connectivity index (χ0) is 10.8. The van der Waals surface area contributed by atoms with Crippen LogP contribution >= 0.6 is 0 Å². The first-order valence-corrected chi connectivity index (χ1v) is 5.46. The van der Waals surface area contributed by atoms with Gasteiger partial charge in [-0.3, -0.25) is 4.79 Å². The van der Waals surface area contributed by atoms with Crippen LogP contribution in [0.4, 0.5) is 0 Å². The Labute approximate surface area is 89.9 Å². The van der Waals surface area contributed by atoms with Gasteiger partial charge in [-0.15, -0.1) is 0 Å². The van der Waals surface area contributed by atoms with Gasteiger partial charge < -0.3 is 5.11 Å². The Morgan fingerprint density at radius 2 is 1.93 bits per heavy atom. The van der Waals surface area contributed by atoms with Crippen molar-refractivity contribution in [3.8, 4) is 0 Å². The molecule has 1 aliphatic carbocycles. The van der Waals surface area contributed by atoms with Crippen LogP contribution in [0.2, 0.25) is 0 Å². The van der Waals surface area contributed by atoms with E-state index in [1.165, 1.54) is 5.56 Å². The van der Waals surface area contributed by atoms with Crippen molar-refractivity contribution in [3.63, 3.8) is 0 Å². The van der Waals surface area contributed by atoms with Crippen molar-refractivity contribution in [1.29, 1.82) is 0 Å². The molecule has 80 valence electrons. The molecular weight excluding hydrogens is 188 g/mol. The first-order valence-electron chi connectivity index (χ1n) is 5.46. The van der Waals surface area contributed by atoms with Crippen LogP contribution in [0, 0.1) is 11.8 Å². The number of carboxylic acids is 1. The molecule has 2 heteroatoms. The largest absolute Gasteiger partial charge is 0.481 e. The molecule has 15 heavy (non-hydrogen) atoms. The molecule has 0 spiro atoms. The van der Waals surface area contributed by atoms with E-state index in [0.717, 1.165) is 12.8 Å². The van der Waals surface area contributed by atoms with Crippen molar-refractivity contribution in [1.82, 2.24) is 0 Å². The fourth-order valence-corrected chi connectivity index (χ4v) is 2.27. The molecule has 1 aliphatic rings. The predicted molar refractivity (Wildman–Crippen MR) is 58.7 cm³/mol. The summed E-state index contributed by atoms with van der Waals surface area (Å²) < 4.78 is 0. The topological polar surface area (TPSA) is 37.3 Å². The minimum Gasteiger partial charge on any atom is -0.481 e. The van der Waals surface area contributed by atoms with E-state index in [9.17, 15) is 4.79 Å². The Morgan fingerprint density at radius 3 is 2.47 bits per heavy atom. The number of benzene rings is 1. The molecule has 0 saturated heterocycles. The van der Waals surface area contributed by atoms with Crippen LogP contribution in [-0.4, -0.2) is 11.1 Å². The first-order chi connectivity index (χ1) is 7.18. The number of rotatable bonds is 3. The van der Waals surface area contributed by atoms with E-state index in [0.29, 0.717) is 11.8 Å². The van der Waals surface area contributed by atoms with Gasteiger partial charge in [-0.05, 0) is 30.2 Å². The average molecular weight is 204 g/mol. The number of carbonyl (C=O) groups is 1. The lowest BCUT2D eigenvalue weighted by Crippen LogP contribution is -2.31. The molecule has 0 amide bonds. The second-order valence-corrected chi connectivity index (χ2v) is 4.47. The molecule has 1 N–H and O–H groups in total. The Morgan fingerprint density at radius 1 is 1.33 bits per heavy atom. The van der Waals surface area contributed by atoms with E-state index in [2.05, 4.69) is 12.1 Å². The molecule has 0 bridgehead atoms.